The predicted octanol–water partition coefficient (Wildman–Crippen LogP) is 1.32. The number of hydrogen-bond donors (Lipinski definition) is 2. The molecule has 0 heterocycles. The average Bonchev–Trinajstić information content (AvgIpc) is 1.90. The first-order valence-electron chi connectivity index (χ1n) is 3.37. The Morgan fingerprint density at radius 2 is 1.78 bits per heavy atom. The lowest BCUT2D eigenvalue weighted by molar-refractivity contribution is 0.122. The van der Waals surface area contributed by atoms with Crippen LogP contribution in [0.3, 0.4) is 0 Å². The van der Waals surface area contributed by atoms with Crippen molar-refractivity contribution in [2.24, 2.45) is 5.11 Å². The van der Waals surface area contributed by atoms with Crippen molar-refractivity contribution in [2.75, 3.05) is 0 Å². The van der Waals surface area contributed by atoms with Crippen LogP contribution < -0.4 is 0 Å². The van der Waals surface area contributed by atoms with Gasteiger partial charge < -0.3 is 5.11 Å². The molecule has 52 valence electrons. The minimum Gasteiger partial charge on any atom is -0.393 e. The van der Waals surface area contributed by atoms with Crippen molar-refractivity contribution in [3.63, 3.8) is 0 Å². The van der Waals surface area contributed by atoms with E-state index in [0.717, 1.165) is 25.7 Å². The first kappa shape index (κ1) is 6.68. The first-order valence-corrected chi connectivity index (χ1v) is 3.37. The second kappa shape index (κ2) is 2.92. The van der Waals surface area contributed by atoms with Crippen LogP contribution in [0.25, 0.3) is 0 Å². The molecule has 0 saturated heterocycles. The lowest BCUT2D eigenvalue weighted by Gasteiger charge is -2.20. The number of rotatable bonds is 1. The van der Waals surface area contributed by atoms with E-state index in [-0.39, 0.29) is 12.1 Å². The van der Waals surface area contributed by atoms with E-state index in [4.69, 9.17) is 10.6 Å². The van der Waals surface area contributed by atoms with Gasteiger partial charge in [-0.3, -0.25) is 0 Å². The van der Waals surface area contributed by atoms with E-state index in [1.165, 1.54) is 0 Å². The van der Waals surface area contributed by atoms with Crippen molar-refractivity contribution >= 4 is 0 Å². The zero-order chi connectivity index (χ0) is 6.69. The van der Waals surface area contributed by atoms with Gasteiger partial charge in [-0.1, -0.05) is 0 Å². The summed E-state index contributed by atoms with van der Waals surface area (Å²) in [6, 6.07) is 0.202. The number of aliphatic hydroxyl groups excluding tert-OH is 1. The third-order valence-corrected chi connectivity index (χ3v) is 1.85. The molecule has 3 heteroatoms. The average molecular weight is 128 g/mol. The van der Waals surface area contributed by atoms with Crippen molar-refractivity contribution in [2.45, 2.75) is 37.8 Å². The summed E-state index contributed by atoms with van der Waals surface area (Å²) in [5, 5.41) is 12.4. The Bertz CT molecular complexity index is 97.2. The van der Waals surface area contributed by atoms with E-state index in [1.54, 1.807) is 0 Å². The highest BCUT2D eigenvalue weighted by molar-refractivity contribution is 4.74. The van der Waals surface area contributed by atoms with E-state index in [9.17, 15) is 0 Å². The maximum Gasteiger partial charge on any atom is 0.0707 e. The fourth-order valence-electron chi connectivity index (χ4n) is 1.19. The van der Waals surface area contributed by atoms with Gasteiger partial charge >= 0.3 is 0 Å². The molecule has 1 fully saturated rings. The Labute approximate surface area is 54.6 Å². The molecule has 0 unspecified atom stereocenters. The molecule has 0 atom stereocenters. The van der Waals surface area contributed by atoms with E-state index >= 15 is 0 Å². The molecule has 0 aromatic rings. The summed E-state index contributed by atoms with van der Waals surface area (Å²) < 4.78 is 0. The number of nitrogens with one attached hydrogen (secondary N) is 1. The molecule has 1 saturated carbocycles. The van der Waals surface area contributed by atoms with E-state index in [0.29, 0.717) is 0 Å². The second-order valence-corrected chi connectivity index (χ2v) is 2.59. The summed E-state index contributed by atoms with van der Waals surface area (Å²) in [6.07, 6.45) is 3.32. The summed E-state index contributed by atoms with van der Waals surface area (Å²) in [5.74, 6) is 0. The molecule has 3 nitrogen and oxygen atoms in total. The lowest BCUT2D eigenvalue weighted by atomic mass is 9.94. The van der Waals surface area contributed by atoms with E-state index in [2.05, 4.69) is 5.11 Å². The van der Waals surface area contributed by atoms with E-state index in [1.807, 2.05) is 0 Å². The van der Waals surface area contributed by atoms with Gasteiger partial charge in [-0.15, -0.1) is 0 Å². The Balaban J connectivity index is 2.26. The van der Waals surface area contributed by atoms with Crippen LogP contribution in [0, 0.1) is 5.53 Å². The van der Waals surface area contributed by atoms with Gasteiger partial charge in [0.05, 0.1) is 12.1 Å². The SMILES string of the molecule is N=NC1CCC(O)CC1. The second-order valence-electron chi connectivity index (χ2n) is 2.59. The van der Waals surface area contributed by atoms with Crippen molar-refractivity contribution in [3.8, 4) is 0 Å². The predicted molar refractivity (Wildman–Crippen MR) is 33.4 cm³/mol. The minimum atomic E-state index is -0.122. The normalized spacial score (nSPS) is 36.1. The van der Waals surface area contributed by atoms with Crippen molar-refractivity contribution < 1.29 is 5.11 Å². The monoisotopic (exact) mass is 128 g/mol. The van der Waals surface area contributed by atoms with Crippen molar-refractivity contribution in [3.05, 3.63) is 0 Å². The van der Waals surface area contributed by atoms with Crippen LogP contribution in [0.2, 0.25) is 0 Å². The molecular formula is C6H12N2O. The zero-order valence-electron chi connectivity index (χ0n) is 5.38. The summed E-state index contributed by atoms with van der Waals surface area (Å²) in [7, 11) is 0. The van der Waals surface area contributed by atoms with E-state index < -0.39 is 0 Å². The highest BCUT2D eigenvalue weighted by Gasteiger charge is 2.17. The van der Waals surface area contributed by atoms with Gasteiger partial charge in [0.15, 0.2) is 0 Å². The van der Waals surface area contributed by atoms with Crippen LogP contribution in [0.1, 0.15) is 25.7 Å². The molecular weight excluding hydrogens is 116 g/mol. The first-order chi connectivity index (χ1) is 4.33. The summed E-state index contributed by atoms with van der Waals surface area (Å²) >= 11 is 0. The van der Waals surface area contributed by atoms with Gasteiger partial charge in [0.1, 0.15) is 0 Å². The van der Waals surface area contributed by atoms with Crippen LogP contribution in [0.4, 0.5) is 0 Å². The highest BCUT2D eigenvalue weighted by atomic mass is 16.3. The van der Waals surface area contributed by atoms with Crippen LogP contribution in [0.5, 0.6) is 0 Å². The zero-order valence-corrected chi connectivity index (χ0v) is 5.38. The van der Waals surface area contributed by atoms with Crippen LogP contribution in [-0.2, 0) is 0 Å². The summed E-state index contributed by atoms with van der Waals surface area (Å²) in [6.45, 7) is 0. The highest BCUT2D eigenvalue weighted by Crippen LogP contribution is 2.20. The van der Waals surface area contributed by atoms with Gasteiger partial charge in [-0.25, -0.2) is 5.53 Å². The van der Waals surface area contributed by atoms with Gasteiger partial charge in [0, 0.05) is 0 Å². The largest absolute Gasteiger partial charge is 0.393 e. The molecule has 0 aromatic carbocycles. The fourth-order valence-corrected chi connectivity index (χ4v) is 1.19. The quantitative estimate of drug-likeness (QED) is 0.514. The molecule has 0 aliphatic heterocycles. The smallest absolute Gasteiger partial charge is 0.0707 e. The molecule has 9 heavy (non-hydrogen) atoms. The molecule has 1 aliphatic carbocycles. The van der Waals surface area contributed by atoms with Crippen LogP contribution in [0.15, 0.2) is 5.11 Å². The molecule has 0 radical (unpaired) electrons. The molecule has 0 spiro atoms. The third kappa shape index (κ3) is 1.75. The van der Waals surface area contributed by atoms with Gasteiger partial charge in [0.2, 0.25) is 0 Å². The van der Waals surface area contributed by atoms with Gasteiger partial charge in [0.25, 0.3) is 0 Å². The Kier molecular flexibility index (Phi) is 2.16. The topological polar surface area (TPSA) is 56.4 Å². The molecule has 1 aliphatic rings. The fraction of sp³-hybridized carbons (Fsp3) is 1.00. The van der Waals surface area contributed by atoms with Crippen molar-refractivity contribution in [1.29, 1.82) is 5.53 Å². The Hall–Kier alpha value is -0.440. The van der Waals surface area contributed by atoms with Gasteiger partial charge in [-0.2, -0.15) is 5.11 Å². The van der Waals surface area contributed by atoms with Crippen LogP contribution >= 0.6 is 0 Å². The summed E-state index contributed by atoms with van der Waals surface area (Å²) in [4.78, 5) is 0. The number of aliphatic hydroxyl groups is 1. The molecule has 2 N–H and O–H groups in total. The standard InChI is InChI=1S/C6H12N2O/c7-8-5-1-3-6(9)4-2-5/h5-7,9H,1-4H2. The Morgan fingerprint density at radius 1 is 1.22 bits per heavy atom. The number of hydrogen-bond acceptors (Lipinski definition) is 3. The molecule has 0 amide bonds. The van der Waals surface area contributed by atoms with Crippen molar-refractivity contribution in [1.82, 2.24) is 0 Å². The molecule has 0 bridgehead atoms. The summed E-state index contributed by atoms with van der Waals surface area (Å²) in [5.41, 5.74) is 6.71. The maximum atomic E-state index is 9.02. The molecule has 1 rings (SSSR count). The lowest BCUT2D eigenvalue weighted by Crippen LogP contribution is -2.19. The molecule has 0 aromatic heterocycles. The number of nitrogens with zero attached hydrogens (tertiary/aromatic N) is 1. The Morgan fingerprint density at radius 3 is 2.22 bits per heavy atom. The van der Waals surface area contributed by atoms with Crippen LogP contribution in [-0.4, -0.2) is 17.3 Å². The van der Waals surface area contributed by atoms with Gasteiger partial charge in [-0.05, 0) is 25.7 Å². The minimum absolute atomic E-state index is 0.122. The third-order valence-electron chi connectivity index (χ3n) is 1.85. The maximum absolute atomic E-state index is 9.02.